The van der Waals surface area contributed by atoms with E-state index < -0.39 is 0 Å². The van der Waals surface area contributed by atoms with Gasteiger partial charge in [0.25, 0.3) is 0 Å². The Bertz CT molecular complexity index is 404. The number of hydrogen-bond donors (Lipinski definition) is 2. The van der Waals surface area contributed by atoms with Crippen LogP contribution in [0.2, 0.25) is 0 Å². The number of methoxy groups -OCH3 is 1. The van der Waals surface area contributed by atoms with Crippen LogP contribution >= 0.6 is 0 Å². The molecule has 0 radical (unpaired) electrons. The average molecular weight is 278 g/mol. The summed E-state index contributed by atoms with van der Waals surface area (Å²) < 4.78 is 5.37. The smallest absolute Gasteiger partial charge is 0.191 e. The lowest BCUT2D eigenvalue weighted by molar-refractivity contribution is 0.0310. The van der Waals surface area contributed by atoms with Gasteiger partial charge in [0.05, 0.1) is 12.1 Å². The largest absolute Gasteiger partial charge is 0.377 e. The molecule has 0 aliphatic heterocycles. The molecule has 0 fully saturated rings. The number of hydrogen-bond acceptors (Lipinski definition) is 3. The van der Waals surface area contributed by atoms with Gasteiger partial charge in [0.15, 0.2) is 5.96 Å². The van der Waals surface area contributed by atoms with Gasteiger partial charge in [0.1, 0.15) is 0 Å². The summed E-state index contributed by atoms with van der Waals surface area (Å²) in [7, 11) is 1.71. The molecule has 0 bridgehead atoms. The molecule has 2 N–H and O–H groups in total. The van der Waals surface area contributed by atoms with E-state index in [4.69, 9.17) is 4.74 Å². The van der Waals surface area contributed by atoms with Crippen LogP contribution in [0.25, 0.3) is 0 Å². The van der Waals surface area contributed by atoms with E-state index in [9.17, 15) is 0 Å². The zero-order chi connectivity index (χ0) is 14.8. The number of pyridine rings is 1. The van der Waals surface area contributed by atoms with Gasteiger partial charge in [-0.2, -0.15) is 0 Å². The molecule has 0 saturated heterocycles. The van der Waals surface area contributed by atoms with Gasteiger partial charge in [-0.15, -0.1) is 0 Å². The normalized spacial score (nSPS) is 12.3. The van der Waals surface area contributed by atoms with E-state index in [0.29, 0.717) is 6.54 Å². The summed E-state index contributed by atoms with van der Waals surface area (Å²) >= 11 is 0. The summed E-state index contributed by atoms with van der Waals surface area (Å²) in [6, 6.07) is 4.03. The Morgan fingerprint density at radius 1 is 1.40 bits per heavy atom. The minimum atomic E-state index is -0.244. The highest BCUT2D eigenvalue weighted by molar-refractivity contribution is 5.79. The third kappa shape index (κ3) is 6.52. The number of aliphatic imine (C=N–C) groups is 1. The molecule has 0 saturated carbocycles. The van der Waals surface area contributed by atoms with Gasteiger partial charge < -0.3 is 15.4 Å². The number of guanidine groups is 1. The van der Waals surface area contributed by atoms with Crippen molar-refractivity contribution in [2.75, 3.05) is 26.7 Å². The molecule has 0 spiro atoms. The van der Waals surface area contributed by atoms with Crippen molar-refractivity contribution in [2.24, 2.45) is 4.99 Å². The van der Waals surface area contributed by atoms with Crippen molar-refractivity contribution in [3.05, 3.63) is 30.1 Å². The molecule has 0 aromatic carbocycles. The summed E-state index contributed by atoms with van der Waals surface area (Å²) in [5.74, 6) is 0.821. The first-order valence-electron chi connectivity index (χ1n) is 7.03. The van der Waals surface area contributed by atoms with E-state index in [1.807, 2.05) is 26.1 Å². The Kier molecular flexibility index (Phi) is 7.01. The van der Waals surface area contributed by atoms with Crippen molar-refractivity contribution < 1.29 is 4.74 Å². The van der Waals surface area contributed by atoms with E-state index in [0.717, 1.165) is 25.5 Å². The lowest BCUT2D eigenvalue weighted by Crippen LogP contribution is -2.40. The Morgan fingerprint density at radius 3 is 2.80 bits per heavy atom. The molecule has 112 valence electrons. The van der Waals surface area contributed by atoms with Crippen LogP contribution in [0.4, 0.5) is 0 Å². The van der Waals surface area contributed by atoms with E-state index >= 15 is 0 Å². The van der Waals surface area contributed by atoms with Crippen LogP contribution in [-0.2, 0) is 11.2 Å². The maximum absolute atomic E-state index is 5.37. The second-order valence-electron chi connectivity index (χ2n) is 5.20. The molecule has 1 rings (SSSR count). The fourth-order valence-electron chi connectivity index (χ4n) is 1.55. The predicted octanol–water partition coefficient (Wildman–Crippen LogP) is 1.60. The molecule has 20 heavy (non-hydrogen) atoms. The SMILES string of the molecule is CCNC(=NCC(C)(C)OC)NCCc1cccnc1. The van der Waals surface area contributed by atoms with Crippen LogP contribution in [0.5, 0.6) is 0 Å². The van der Waals surface area contributed by atoms with Crippen molar-refractivity contribution in [3.8, 4) is 0 Å². The molecule has 1 aromatic heterocycles. The van der Waals surface area contributed by atoms with Crippen molar-refractivity contribution in [1.82, 2.24) is 15.6 Å². The Hall–Kier alpha value is -1.62. The standard InChI is InChI=1S/C15H26N4O/c1-5-17-14(19-12-15(2,3)20-4)18-10-8-13-7-6-9-16-11-13/h6-7,9,11H,5,8,10,12H2,1-4H3,(H2,17,18,19). The molecule has 5 nitrogen and oxygen atoms in total. The predicted molar refractivity (Wildman–Crippen MR) is 83.0 cm³/mol. The first-order valence-corrected chi connectivity index (χ1v) is 7.03. The minimum absolute atomic E-state index is 0.244. The third-order valence-corrected chi connectivity index (χ3v) is 2.94. The van der Waals surface area contributed by atoms with Gasteiger partial charge in [-0.3, -0.25) is 9.98 Å². The summed E-state index contributed by atoms with van der Waals surface area (Å²) in [5, 5.41) is 6.55. The van der Waals surface area contributed by atoms with Gasteiger partial charge >= 0.3 is 0 Å². The molecule has 0 aliphatic rings. The highest BCUT2D eigenvalue weighted by Crippen LogP contribution is 2.06. The van der Waals surface area contributed by atoms with Gasteiger partial charge in [-0.1, -0.05) is 6.07 Å². The van der Waals surface area contributed by atoms with Gasteiger partial charge in [0, 0.05) is 32.6 Å². The summed E-state index contributed by atoms with van der Waals surface area (Å²) in [5.41, 5.74) is 0.971. The van der Waals surface area contributed by atoms with Gasteiger partial charge in [-0.25, -0.2) is 0 Å². The van der Waals surface area contributed by atoms with Crippen LogP contribution in [-0.4, -0.2) is 43.3 Å². The first-order chi connectivity index (χ1) is 9.57. The Labute approximate surface area is 121 Å². The summed E-state index contributed by atoms with van der Waals surface area (Å²) in [6.45, 7) is 8.38. The van der Waals surface area contributed by atoms with Crippen LogP contribution in [0, 0.1) is 0 Å². The van der Waals surface area contributed by atoms with Crippen LogP contribution in [0.15, 0.2) is 29.5 Å². The quantitative estimate of drug-likeness (QED) is 0.587. The van der Waals surface area contributed by atoms with Gasteiger partial charge in [0.2, 0.25) is 0 Å². The Morgan fingerprint density at radius 2 is 2.20 bits per heavy atom. The van der Waals surface area contributed by atoms with E-state index in [2.05, 4.69) is 33.6 Å². The second kappa shape index (κ2) is 8.53. The zero-order valence-corrected chi connectivity index (χ0v) is 12.9. The number of nitrogens with zero attached hydrogens (tertiary/aromatic N) is 2. The molecule has 1 heterocycles. The minimum Gasteiger partial charge on any atom is -0.377 e. The fourth-order valence-corrected chi connectivity index (χ4v) is 1.55. The number of ether oxygens (including phenoxy) is 1. The van der Waals surface area contributed by atoms with Crippen molar-refractivity contribution in [3.63, 3.8) is 0 Å². The lowest BCUT2D eigenvalue weighted by atomic mass is 10.1. The van der Waals surface area contributed by atoms with E-state index in [-0.39, 0.29) is 5.60 Å². The van der Waals surface area contributed by atoms with E-state index in [1.54, 1.807) is 13.3 Å². The third-order valence-electron chi connectivity index (χ3n) is 2.94. The highest BCUT2D eigenvalue weighted by atomic mass is 16.5. The van der Waals surface area contributed by atoms with Crippen molar-refractivity contribution in [1.29, 1.82) is 0 Å². The summed E-state index contributed by atoms with van der Waals surface area (Å²) in [6.07, 6.45) is 4.60. The molecule has 5 heteroatoms. The fraction of sp³-hybridized carbons (Fsp3) is 0.600. The molecule has 0 aliphatic carbocycles. The maximum Gasteiger partial charge on any atom is 0.191 e. The summed E-state index contributed by atoms with van der Waals surface area (Å²) in [4.78, 5) is 8.65. The highest BCUT2D eigenvalue weighted by Gasteiger charge is 2.15. The first kappa shape index (κ1) is 16.4. The second-order valence-corrected chi connectivity index (χ2v) is 5.20. The van der Waals surface area contributed by atoms with Crippen LogP contribution in [0.3, 0.4) is 0 Å². The number of aromatic nitrogens is 1. The van der Waals surface area contributed by atoms with Crippen molar-refractivity contribution >= 4 is 5.96 Å². The molecule has 0 amide bonds. The molecular formula is C15H26N4O. The van der Waals surface area contributed by atoms with Crippen LogP contribution < -0.4 is 10.6 Å². The van der Waals surface area contributed by atoms with Crippen molar-refractivity contribution in [2.45, 2.75) is 32.8 Å². The maximum atomic E-state index is 5.37. The molecular weight excluding hydrogens is 252 g/mol. The molecule has 0 atom stereocenters. The van der Waals surface area contributed by atoms with Gasteiger partial charge in [-0.05, 0) is 38.8 Å². The molecule has 1 aromatic rings. The lowest BCUT2D eigenvalue weighted by Gasteiger charge is -2.21. The monoisotopic (exact) mass is 278 g/mol. The number of rotatable bonds is 7. The Balaban J connectivity index is 2.44. The van der Waals surface area contributed by atoms with Crippen LogP contribution in [0.1, 0.15) is 26.3 Å². The zero-order valence-electron chi connectivity index (χ0n) is 12.9. The van der Waals surface area contributed by atoms with E-state index in [1.165, 1.54) is 5.56 Å². The average Bonchev–Trinajstić information content (AvgIpc) is 2.46. The topological polar surface area (TPSA) is 58.5 Å². The molecule has 0 unspecified atom stereocenters. The number of nitrogens with one attached hydrogen (secondary N) is 2.